The van der Waals surface area contributed by atoms with Crippen molar-refractivity contribution in [2.45, 2.75) is 16.7 Å². The molecule has 0 bridgehead atoms. The van der Waals surface area contributed by atoms with Crippen LogP contribution >= 0.6 is 27.7 Å². The first-order valence-electron chi connectivity index (χ1n) is 5.36. The number of rotatable bonds is 2. The third-order valence-corrected chi connectivity index (χ3v) is 4.16. The molecule has 0 atom stereocenters. The Bertz CT molecular complexity index is 711. The van der Waals surface area contributed by atoms with E-state index in [0.29, 0.717) is 0 Å². The maximum Gasteiger partial charge on any atom is 0.114 e. The van der Waals surface area contributed by atoms with Gasteiger partial charge >= 0.3 is 0 Å². The maximum absolute atomic E-state index is 5.30. The van der Waals surface area contributed by atoms with Gasteiger partial charge in [0.05, 0.1) is 16.7 Å². The Labute approximate surface area is 117 Å². The highest BCUT2D eigenvalue weighted by Gasteiger charge is 2.08. The predicted molar refractivity (Wildman–Crippen MR) is 74.8 cm³/mol. The first-order valence-corrected chi connectivity index (χ1v) is 6.97. The summed E-state index contributed by atoms with van der Waals surface area (Å²) in [5, 5.41) is 0. The van der Waals surface area contributed by atoms with Crippen LogP contribution in [-0.4, -0.2) is 9.97 Å². The van der Waals surface area contributed by atoms with E-state index in [1.807, 2.05) is 25.1 Å². The van der Waals surface area contributed by atoms with Crippen LogP contribution in [-0.2, 0) is 0 Å². The number of furan rings is 1. The van der Waals surface area contributed by atoms with Gasteiger partial charge in [-0.3, -0.25) is 9.97 Å². The normalized spacial score (nSPS) is 11.0. The van der Waals surface area contributed by atoms with Crippen LogP contribution in [0.5, 0.6) is 0 Å². The fourth-order valence-electron chi connectivity index (χ4n) is 1.66. The first-order chi connectivity index (χ1) is 8.74. The van der Waals surface area contributed by atoms with Crippen molar-refractivity contribution in [2.24, 2.45) is 0 Å². The minimum Gasteiger partial charge on any atom is -0.468 e. The number of aryl methyl sites for hydroxylation is 1. The van der Waals surface area contributed by atoms with Gasteiger partial charge in [0.25, 0.3) is 0 Å². The number of aromatic nitrogens is 2. The molecule has 0 spiro atoms. The molecule has 0 aliphatic heterocycles. The number of halogens is 1. The summed E-state index contributed by atoms with van der Waals surface area (Å²) in [5.41, 5.74) is 1.79. The van der Waals surface area contributed by atoms with E-state index in [9.17, 15) is 0 Å². The topological polar surface area (TPSA) is 38.9 Å². The summed E-state index contributed by atoms with van der Waals surface area (Å²) in [5.74, 6) is 0.919. The van der Waals surface area contributed by atoms with Gasteiger partial charge in [-0.05, 0) is 41.1 Å². The maximum atomic E-state index is 5.30. The van der Waals surface area contributed by atoms with Crippen molar-refractivity contribution in [3.8, 4) is 0 Å². The molecule has 0 saturated carbocycles. The fraction of sp³-hybridized carbons (Fsp3) is 0.0769. The monoisotopic (exact) mass is 320 g/mol. The Kier molecular flexibility index (Phi) is 3.09. The largest absolute Gasteiger partial charge is 0.468 e. The molecule has 0 fully saturated rings. The van der Waals surface area contributed by atoms with E-state index in [1.54, 1.807) is 30.4 Å². The van der Waals surface area contributed by atoms with E-state index in [1.165, 1.54) is 0 Å². The lowest BCUT2D eigenvalue weighted by atomic mass is 10.3. The Morgan fingerprint density at radius 3 is 2.89 bits per heavy atom. The zero-order valence-electron chi connectivity index (χ0n) is 9.55. The molecule has 0 N–H and O–H groups in total. The summed E-state index contributed by atoms with van der Waals surface area (Å²) in [4.78, 5) is 10.9. The minimum atomic E-state index is 0.885. The molecule has 0 radical (unpaired) electrons. The fourth-order valence-corrected chi connectivity index (χ4v) is 2.92. The lowest BCUT2D eigenvalue weighted by molar-refractivity contribution is 0.527. The molecule has 0 unspecified atom stereocenters. The summed E-state index contributed by atoms with van der Waals surface area (Å²) in [6, 6.07) is 5.90. The number of hydrogen-bond donors (Lipinski definition) is 0. The van der Waals surface area contributed by atoms with E-state index >= 15 is 0 Å². The Morgan fingerprint density at radius 1 is 1.22 bits per heavy atom. The highest BCUT2D eigenvalue weighted by atomic mass is 79.9. The van der Waals surface area contributed by atoms with Crippen molar-refractivity contribution in [3.05, 3.63) is 47.1 Å². The van der Waals surface area contributed by atoms with Crippen LogP contribution in [0.1, 0.15) is 5.76 Å². The minimum absolute atomic E-state index is 0.885. The molecule has 18 heavy (non-hydrogen) atoms. The molecule has 3 nitrogen and oxygen atoms in total. The summed E-state index contributed by atoms with van der Waals surface area (Å²) >= 11 is 5.05. The van der Waals surface area contributed by atoms with Crippen molar-refractivity contribution >= 4 is 38.7 Å². The Hall–Kier alpha value is -1.33. The third kappa shape index (κ3) is 2.15. The van der Waals surface area contributed by atoms with Crippen LogP contribution in [0.2, 0.25) is 0 Å². The van der Waals surface area contributed by atoms with Gasteiger partial charge in [0, 0.05) is 21.8 Å². The molecular formula is C13H9BrN2OS. The Morgan fingerprint density at radius 2 is 2.11 bits per heavy atom. The number of hydrogen-bond acceptors (Lipinski definition) is 4. The summed E-state index contributed by atoms with van der Waals surface area (Å²) < 4.78 is 6.24. The van der Waals surface area contributed by atoms with Crippen LogP contribution < -0.4 is 0 Å². The van der Waals surface area contributed by atoms with Gasteiger partial charge in [0.2, 0.25) is 0 Å². The summed E-state index contributed by atoms with van der Waals surface area (Å²) in [6.07, 6.45) is 5.29. The van der Waals surface area contributed by atoms with Gasteiger partial charge in [-0.25, -0.2) is 0 Å². The van der Waals surface area contributed by atoms with Gasteiger partial charge in [0.15, 0.2) is 0 Å². The van der Waals surface area contributed by atoms with E-state index in [0.717, 1.165) is 31.1 Å². The van der Waals surface area contributed by atoms with Crippen LogP contribution in [0.25, 0.3) is 11.0 Å². The zero-order valence-corrected chi connectivity index (χ0v) is 12.0. The first kappa shape index (κ1) is 11.7. The van der Waals surface area contributed by atoms with E-state index in [2.05, 4.69) is 25.9 Å². The van der Waals surface area contributed by atoms with Crippen LogP contribution in [0.4, 0.5) is 0 Å². The molecule has 3 rings (SSSR count). The zero-order chi connectivity index (χ0) is 12.5. The van der Waals surface area contributed by atoms with E-state index in [4.69, 9.17) is 4.42 Å². The second-order valence-electron chi connectivity index (χ2n) is 3.77. The van der Waals surface area contributed by atoms with Crippen molar-refractivity contribution < 1.29 is 4.42 Å². The van der Waals surface area contributed by atoms with Crippen LogP contribution in [0.15, 0.2) is 55.5 Å². The molecular weight excluding hydrogens is 312 g/mol. The lowest BCUT2D eigenvalue weighted by Gasteiger charge is -2.04. The lowest BCUT2D eigenvalue weighted by Crippen LogP contribution is -1.86. The number of nitrogens with zero attached hydrogens (tertiary/aromatic N) is 2. The van der Waals surface area contributed by atoms with Gasteiger partial charge in [-0.2, -0.15) is 0 Å². The van der Waals surface area contributed by atoms with E-state index < -0.39 is 0 Å². The SMILES string of the molecule is Cc1occc1Sc1ccnc2cc(Br)cnc12. The molecule has 0 amide bonds. The molecule has 0 aliphatic rings. The number of pyridine rings is 2. The summed E-state index contributed by atoms with van der Waals surface area (Å²) in [6.45, 7) is 1.95. The quantitative estimate of drug-likeness (QED) is 0.699. The van der Waals surface area contributed by atoms with Gasteiger partial charge in [-0.1, -0.05) is 11.8 Å². The van der Waals surface area contributed by atoms with Crippen molar-refractivity contribution in [3.63, 3.8) is 0 Å². The molecule has 0 aliphatic carbocycles. The summed E-state index contributed by atoms with van der Waals surface area (Å²) in [7, 11) is 0. The molecule has 90 valence electrons. The van der Waals surface area contributed by atoms with Gasteiger partial charge in [0.1, 0.15) is 11.3 Å². The third-order valence-electron chi connectivity index (χ3n) is 2.54. The van der Waals surface area contributed by atoms with Crippen molar-refractivity contribution in [1.82, 2.24) is 9.97 Å². The second kappa shape index (κ2) is 4.74. The number of fused-ring (bicyclic) bond motifs is 1. The van der Waals surface area contributed by atoms with Crippen molar-refractivity contribution in [2.75, 3.05) is 0 Å². The predicted octanol–water partition coefficient (Wildman–Crippen LogP) is 4.44. The molecule has 3 aromatic heterocycles. The molecule has 3 aromatic rings. The molecule has 0 aromatic carbocycles. The average molecular weight is 321 g/mol. The van der Waals surface area contributed by atoms with Crippen molar-refractivity contribution in [1.29, 1.82) is 0 Å². The smallest absolute Gasteiger partial charge is 0.114 e. The van der Waals surface area contributed by atoms with Crippen LogP contribution in [0.3, 0.4) is 0 Å². The standard InChI is InChI=1S/C13H9BrN2OS/c1-8-11(3-5-17-8)18-12-2-4-15-10-6-9(14)7-16-13(10)12/h2-7H,1H3. The van der Waals surface area contributed by atoms with E-state index in [-0.39, 0.29) is 0 Å². The molecule has 0 saturated heterocycles. The van der Waals surface area contributed by atoms with Gasteiger partial charge in [-0.15, -0.1) is 0 Å². The highest BCUT2D eigenvalue weighted by Crippen LogP contribution is 2.34. The second-order valence-corrected chi connectivity index (χ2v) is 5.77. The average Bonchev–Trinajstić information content (AvgIpc) is 2.75. The van der Waals surface area contributed by atoms with Gasteiger partial charge < -0.3 is 4.42 Å². The molecule has 3 heterocycles. The van der Waals surface area contributed by atoms with Crippen LogP contribution in [0, 0.1) is 6.92 Å². The Balaban J connectivity index is 2.09. The highest BCUT2D eigenvalue weighted by molar-refractivity contribution is 9.10. The molecule has 5 heteroatoms.